The highest BCUT2D eigenvalue weighted by Gasteiger charge is 2.21. The molecular weight excluding hydrogens is 272 g/mol. The predicted molar refractivity (Wildman–Crippen MR) is 79.1 cm³/mol. The molecule has 0 atom stereocenters. The van der Waals surface area contributed by atoms with E-state index in [2.05, 4.69) is 6.92 Å². The first-order chi connectivity index (χ1) is 10.0. The molecule has 0 saturated heterocycles. The number of Topliss-reactive ketones (excluding diaryl/α,β-unsaturated/α-hetero) is 1. The first-order valence-corrected chi connectivity index (χ1v) is 7.29. The van der Waals surface area contributed by atoms with Crippen LogP contribution >= 0.6 is 0 Å². The van der Waals surface area contributed by atoms with Crippen LogP contribution in [0.25, 0.3) is 0 Å². The van der Waals surface area contributed by atoms with Gasteiger partial charge >= 0.3 is 0 Å². The van der Waals surface area contributed by atoms with E-state index < -0.39 is 23.0 Å². The van der Waals surface area contributed by atoms with Gasteiger partial charge in [-0.15, -0.1) is 0 Å². The molecule has 1 rings (SSSR count). The van der Waals surface area contributed by atoms with Gasteiger partial charge in [-0.25, -0.2) is 0 Å². The third-order valence-electron chi connectivity index (χ3n) is 3.45. The Morgan fingerprint density at radius 3 is 2.29 bits per heavy atom. The van der Waals surface area contributed by atoms with Crippen LogP contribution in [0.5, 0.6) is 17.2 Å². The van der Waals surface area contributed by atoms with Gasteiger partial charge in [0.1, 0.15) is 22.8 Å². The van der Waals surface area contributed by atoms with E-state index in [9.17, 15) is 24.9 Å². The van der Waals surface area contributed by atoms with E-state index in [4.69, 9.17) is 0 Å². The lowest BCUT2D eigenvalue weighted by atomic mass is 9.99. The summed E-state index contributed by atoms with van der Waals surface area (Å²) < 4.78 is 0. The molecule has 0 bridgehead atoms. The maximum absolute atomic E-state index is 12.0. The number of hydrogen-bond donors (Lipinski definition) is 3. The molecule has 3 N–H and O–H groups in total. The number of phenols is 3. The van der Waals surface area contributed by atoms with Crippen molar-refractivity contribution in [3.8, 4) is 17.2 Å². The summed E-state index contributed by atoms with van der Waals surface area (Å²) >= 11 is 0. The van der Waals surface area contributed by atoms with E-state index in [1.165, 1.54) is 6.42 Å². The highest BCUT2D eigenvalue weighted by Crippen LogP contribution is 2.37. The van der Waals surface area contributed by atoms with Gasteiger partial charge in [-0.3, -0.25) is 9.59 Å². The van der Waals surface area contributed by atoms with Crippen molar-refractivity contribution < 1.29 is 24.9 Å². The summed E-state index contributed by atoms with van der Waals surface area (Å²) in [5, 5.41) is 28.9. The van der Waals surface area contributed by atoms with Crippen molar-refractivity contribution in [2.75, 3.05) is 0 Å². The van der Waals surface area contributed by atoms with Crippen molar-refractivity contribution in [1.82, 2.24) is 0 Å². The van der Waals surface area contributed by atoms with Crippen molar-refractivity contribution in [3.63, 3.8) is 0 Å². The van der Waals surface area contributed by atoms with Gasteiger partial charge in [0.25, 0.3) is 0 Å². The maximum atomic E-state index is 12.0. The Hall–Kier alpha value is -2.04. The van der Waals surface area contributed by atoms with Crippen LogP contribution < -0.4 is 0 Å². The fraction of sp³-hybridized carbons (Fsp3) is 0.500. The second-order valence-corrected chi connectivity index (χ2v) is 5.11. The first-order valence-electron chi connectivity index (χ1n) is 7.29. The Kier molecular flexibility index (Phi) is 6.72. The van der Waals surface area contributed by atoms with Gasteiger partial charge in [-0.05, 0) is 6.42 Å². The molecule has 1 aromatic rings. The quantitative estimate of drug-likeness (QED) is 0.368. The van der Waals surface area contributed by atoms with E-state index in [1.54, 1.807) is 0 Å². The number of phenolic OH excluding ortho intramolecular Hbond substituents is 3. The average molecular weight is 294 g/mol. The Bertz CT molecular complexity index is 508. The summed E-state index contributed by atoms with van der Waals surface area (Å²) in [4.78, 5) is 22.8. The molecule has 0 aliphatic carbocycles. The SMILES string of the molecule is CCCCCCCCC(=O)c1c(O)cc(O)c(C=O)c1O. The van der Waals surface area contributed by atoms with Gasteiger partial charge < -0.3 is 15.3 Å². The summed E-state index contributed by atoms with van der Waals surface area (Å²) in [5.41, 5.74) is -0.664. The lowest BCUT2D eigenvalue weighted by molar-refractivity contribution is 0.0973. The topological polar surface area (TPSA) is 94.8 Å². The highest BCUT2D eigenvalue weighted by molar-refractivity contribution is 6.04. The van der Waals surface area contributed by atoms with E-state index in [1.807, 2.05) is 0 Å². The minimum Gasteiger partial charge on any atom is -0.507 e. The molecular formula is C16H22O5. The fourth-order valence-corrected chi connectivity index (χ4v) is 2.24. The third-order valence-corrected chi connectivity index (χ3v) is 3.45. The number of ketones is 1. The highest BCUT2D eigenvalue weighted by atomic mass is 16.3. The van der Waals surface area contributed by atoms with Gasteiger partial charge in [0.05, 0.1) is 5.56 Å². The van der Waals surface area contributed by atoms with Crippen LogP contribution in [0.3, 0.4) is 0 Å². The average Bonchev–Trinajstić information content (AvgIpc) is 2.42. The Labute approximate surface area is 124 Å². The summed E-state index contributed by atoms with van der Waals surface area (Å²) in [5.74, 6) is -2.13. The van der Waals surface area contributed by atoms with Gasteiger partial charge in [0.2, 0.25) is 0 Å². The zero-order chi connectivity index (χ0) is 15.8. The molecule has 116 valence electrons. The van der Waals surface area contributed by atoms with Crippen molar-refractivity contribution in [3.05, 3.63) is 17.2 Å². The number of benzene rings is 1. The molecule has 21 heavy (non-hydrogen) atoms. The summed E-state index contributed by atoms with van der Waals surface area (Å²) in [6.45, 7) is 2.13. The maximum Gasteiger partial charge on any atom is 0.170 e. The second kappa shape index (κ2) is 8.29. The number of carbonyl (C=O) groups is 2. The fourth-order valence-electron chi connectivity index (χ4n) is 2.24. The van der Waals surface area contributed by atoms with Crippen LogP contribution in [0, 0.1) is 0 Å². The number of rotatable bonds is 9. The monoisotopic (exact) mass is 294 g/mol. The smallest absolute Gasteiger partial charge is 0.170 e. The minimum absolute atomic E-state index is 0.191. The predicted octanol–water partition coefficient (Wildman–Crippen LogP) is 3.55. The molecule has 0 spiro atoms. The van der Waals surface area contributed by atoms with E-state index >= 15 is 0 Å². The number of aldehydes is 1. The molecule has 0 heterocycles. The zero-order valence-electron chi connectivity index (χ0n) is 12.3. The van der Waals surface area contributed by atoms with Crippen molar-refractivity contribution >= 4 is 12.1 Å². The molecule has 0 aliphatic heterocycles. The van der Waals surface area contributed by atoms with Gasteiger partial charge in [-0.2, -0.15) is 0 Å². The van der Waals surface area contributed by atoms with Crippen LogP contribution in [0.15, 0.2) is 6.07 Å². The second-order valence-electron chi connectivity index (χ2n) is 5.11. The molecule has 0 unspecified atom stereocenters. The Morgan fingerprint density at radius 1 is 1.05 bits per heavy atom. The molecule has 0 saturated carbocycles. The molecule has 0 amide bonds. The molecule has 1 aromatic carbocycles. The summed E-state index contributed by atoms with van der Waals surface area (Å²) in [6, 6.07) is 0.901. The van der Waals surface area contributed by atoms with Crippen LogP contribution in [-0.2, 0) is 0 Å². The van der Waals surface area contributed by atoms with Crippen LogP contribution in [-0.4, -0.2) is 27.4 Å². The lowest BCUT2D eigenvalue weighted by Crippen LogP contribution is -2.02. The molecule has 0 radical (unpaired) electrons. The Balaban J connectivity index is 2.68. The summed E-state index contributed by atoms with van der Waals surface area (Å²) in [7, 11) is 0. The number of unbranched alkanes of at least 4 members (excludes halogenated alkanes) is 5. The van der Waals surface area contributed by atoms with Crippen molar-refractivity contribution in [2.45, 2.75) is 51.9 Å². The van der Waals surface area contributed by atoms with Gasteiger partial charge in [0, 0.05) is 12.5 Å². The van der Waals surface area contributed by atoms with Crippen LogP contribution in [0.2, 0.25) is 0 Å². The normalized spacial score (nSPS) is 10.5. The minimum atomic E-state index is -0.654. The van der Waals surface area contributed by atoms with E-state index in [0.29, 0.717) is 6.42 Å². The van der Waals surface area contributed by atoms with E-state index in [0.717, 1.165) is 31.7 Å². The molecule has 5 nitrogen and oxygen atoms in total. The standard InChI is InChI=1S/C16H22O5/c1-2-3-4-5-6-7-8-12(18)15-14(20)9-13(19)11(10-17)16(15)21/h9-10,19-21H,2-8H2,1H3. The van der Waals surface area contributed by atoms with Crippen LogP contribution in [0.1, 0.15) is 72.6 Å². The Morgan fingerprint density at radius 2 is 1.67 bits per heavy atom. The van der Waals surface area contributed by atoms with Gasteiger partial charge in [-0.1, -0.05) is 39.0 Å². The van der Waals surface area contributed by atoms with Gasteiger partial charge in [0.15, 0.2) is 12.1 Å². The van der Waals surface area contributed by atoms with Crippen molar-refractivity contribution in [1.29, 1.82) is 0 Å². The first kappa shape index (κ1) is 17.0. The molecule has 5 heteroatoms. The third kappa shape index (κ3) is 4.48. The number of carbonyl (C=O) groups excluding carboxylic acids is 2. The summed E-state index contributed by atoms with van der Waals surface area (Å²) in [6.07, 6.45) is 6.54. The van der Waals surface area contributed by atoms with Crippen LogP contribution in [0.4, 0.5) is 0 Å². The molecule has 0 aromatic heterocycles. The molecule has 0 aliphatic rings. The zero-order valence-corrected chi connectivity index (χ0v) is 12.3. The largest absolute Gasteiger partial charge is 0.507 e. The lowest BCUT2D eigenvalue weighted by Gasteiger charge is -2.09. The molecule has 0 fully saturated rings. The number of aromatic hydroxyl groups is 3. The number of hydrogen-bond acceptors (Lipinski definition) is 5. The van der Waals surface area contributed by atoms with E-state index in [-0.39, 0.29) is 23.8 Å². The van der Waals surface area contributed by atoms with Crippen molar-refractivity contribution in [2.24, 2.45) is 0 Å².